The normalized spacial score (nSPS) is 9.88. The molecule has 0 bridgehead atoms. The van der Waals surface area contributed by atoms with Gasteiger partial charge in [0.25, 0.3) is 0 Å². The lowest BCUT2D eigenvalue weighted by molar-refractivity contribution is 0.0695. The number of para-hydroxylation sites is 1. The zero-order valence-corrected chi connectivity index (χ0v) is 9.13. The third kappa shape index (κ3) is 2.81. The highest BCUT2D eigenvalue weighted by atomic mass is 16.4. The second-order valence-corrected chi connectivity index (χ2v) is 3.56. The molecule has 0 aliphatic carbocycles. The SMILES string of the molecule is O=C(O)c1ccncc1CNc1ccccc1. The number of carbonyl (C=O) groups is 1. The topological polar surface area (TPSA) is 62.2 Å². The Kier molecular flexibility index (Phi) is 3.35. The lowest BCUT2D eigenvalue weighted by Crippen LogP contribution is -2.07. The zero-order valence-electron chi connectivity index (χ0n) is 9.13. The standard InChI is InChI=1S/C13H12N2O2/c16-13(17)12-6-7-14-8-10(12)9-15-11-4-2-1-3-5-11/h1-8,15H,9H2,(H,16,17). The quantitative estimate of drug-likeness (QED) is 0.843. The summed E-state index contributed by atoms with van der Waals surface area (Å²) in [5.74, 6) is -0.933. The molecule has 2 N–H and O–H groups in total. The molecular formula is C13H12N2O2. The van der Waals surface area contributed by atoms with Crippen molar-refractivity contribution in [3.63, 3.8) is 0 Å². The van der Waals surface area contributed by atoms with Crippen LogP contribution in [0, 0.1) is 0 Å². The molecule has 0 amide bonds. The van der Waals surface area contributed by atoms with E-state index in [2.05, 4.69) is 10.3 Å². The fraction of sp³-hybridized carbons (Fsp3) is 0.0769. The van der Waals surface area contributed by atoms with E-state index in [0.29, 0.717) is 12.1 Å². The number of rotatable bonds is 4. The number of hydrogen-bond acceptors (Lipinski definition) is 3. The van der Waals surface area contributed by atoms with Crippen molar-refractivity contribution in [2.45, 2.75) is 6.54 Å². The number of pyridine rings is 1. The van der Waals surface area contributed by atoms with Gasteiger partial charge >= 0.3 is 5.97 Å². The smallest absolute Gasteiger partial charge is 0.336 e. The Hall–Kier alpha value is -2.36. The number of aromatic nitrogens is 1. The first-order chi connectivity index (χ1) is 8.27. The number of nitrogens with zero attached hydrogens (tertiary/aromatic N) is 1. The highest BCUT2D eigenvalue weighted by molar-refractivity contribution is 5.89. The van der Waals surface area contributed by atoms with Crippen LogP contribution in [0.15, 0.2) is 48.8 Å². The first kappa shape index (κ1) is 11.1. The second kappa shape index (κ2) is 5.12. The van der Waals surface area contributed by atoms with Crippen LogP contribution in [0.4, 0.5) is 5.69 Å². The van der Waals surface area contributed by atoms with Gasteiger partial charge in [-0.1, -0.05) is 18.2 Å². The molecule has 0 fully saturated rings. The van der Waals surface area contributed by atoms with E-state index in [9.17, 15) is 4.79 Å². The minimum Gasteiger partial charge on any atom is -0.478 e. The number of carboxylic acid groups (broad SMARTS) is 1. The molecule has 2 rings (SSSR count). The molecule has 1 heterocycles. The summed E-state index contributed by atoms with van der Waals surface area (Å²) in [6, 6.07) is 11.1. The monoisotopic (exact) mass is 228 g/mol. The summed E-state index contributed by atoms with van der Waals surface area (Å²) in [4.78, 5) is 14.9. The van der Waals surface area contributed by atoms with E-state index in [4.69, 9.17) is 5.11 Å². The van der Waals surface area contributed by atoms with Crippen molar-refractivity contribution in [3.8, 4) is 0 Å². The lowest BCUT2D eigenvalue weighted by Gasteiger charge is -2.08. The summed E-state index contributed by atoms with van der Waals surface area (Å²) in [7, 11) is 0. The minimum absolute atomic E-state index is 0.281. The van der Waals surface area contributed by atoms with Crippen LogP contribution in [0.3, 0.4) is 0 Å². The predicted octanol–water partition coefficient (Wildman–Crippen LogP) is 2.39. The van der Waals surface area contributed by atoms with Crippen LogP contribution in [-0.2, 0) is 6.54 Å². The number of hydrogen-bond donors (Lipinski definition) is 2. The molecular weight excluding hydrogens is 216 g/mol. The summed E-state index contributed by atoms with van der Waals surface area (Å²) in [5, 5.41) is 12.2. The van der Waals surface area contributed by atoms with Gasteiger partial charge in [-0.25, -0.2) is 4.79 Å². The summed E-state index contributed by atoms with van der Waals surface area (Å²) in [5.41, 5.74) is 1.90. The minimum atomic E-state index is -0.933. The Labute approximate surface area is 98.9 Å². The Balaban J connectivity index is 2.12. The molecule has 0 unspecified atom stereocenters. The molecule has 4 heteroatoms. The molecule has 0 atom stereocenters. The average Bonchev–Trinajstić information content (AvgIpc) is 2.38. The highest BCUT2D eigenvalue weighted by Gasteiger charge is 2.08. The van der Waals surface area contributed by atoms with Gasteiger partial charge in [0.1, 0.15) is 0 Å². The molecule has 0 spiro atoms. The number of anilines is 1. The van der Waals surface area contributed by atoms with Gasteiger partial charge in [-0.05, 0) is 18.2 Å². The molecule has 1 aromatic carbocycles. The Morgan fingerprint density at radius 1 is 1.24 bits per heavy atom. The Morgan fingerprint density at radius 2 is 2.00 bits per heavy atom. The van der Waals surface area contributed by atoms with Crippen LogP contribution < -0.4 is 5.32 Å². The van der Waals surface area contributed by atoms with E-state index < -0.39 is 5.97 Å². The third-order valence-electron chi connectivity index (χ3n) is 2.39. The van der Waals surface area contributed by atoms with Gasteiger partial charge in [0.2, 0.25) is 0 Å². The van der Waals surface area contributed by atoms with Gasteiger partial charge in [0, 0.05) is 30.2 Å². The Morgan fingerprint density at radius 3 is 2.71 bits per heavy atom. The largest absolute Gasteiger partial charge is 0.478 e. The van der Waals surface area contributed by atoms with Crippen LogP contribution in [0.5, 0.6) is 0 Å². The molecule has 86 valence electrons. The van der Waals surface area contributed by atoms with Crippen molar-refractivity contribution < 1.29 is 9.90 Å². The maximum absolute atomic E-state index is 11.0. The third-order valence-corrected chi connectivity index (χ3v) is 2.39. The van der Waals surface area contributed by atoms with Crippen LogP contribution in [-0.4, -0.2) is 16.1 Å². The van der Waals surface area contributed by atoms with Gasteiger partial charge in [0.05, 0.1) is 5.56 Å². The van der Waals surface area contributed by atoms with Crippen LogP contribution in [0.1, 0.15) is 15.9 Å². The van der Waals surface area contributed by atoms with Crippen molar-refractivity contribution in [1.82, 2.24) is 4.98 Å². The molecule has 0 aliphatic heterocycles. The van der Waals surface area contributed by atoms with Gasteiger partial charge in [-0.2, -0.15) is 0 Å². The van der Waals surface area contributed by atoms with Gasteiger partial charge in [-0.15, -0.1) is 0 Å². The van der Waals surface area contributed by atoms with Crippen molar-refractivity contribution in [3.05, 3.63) is 59.9 Å². The van der Waals surface area contributed by atoms with Crippen LogP contribution >= 0.6 is 0 Å². The molecule has 0 radical (unpaired) electrons. The first-order valence-corrected chi connectivity index (χ1v) is 5.22. The van der Waals surface area contributed by atoms with E-state index in [0.717, 1.165) is 5.69 Å². The summed E-state index contributed by atoms with van der Waals surface area (Å²) in [6.45, 7) is 0.444. The number of aromatic carboxylic acids is 1. The number of carboxylic acids is 1. The van der Waals surface area contributed by atoms with Crippen molar-refractivity contribution in [2.24, 2.45) is 0 Å². The van der Waals surface area contributed by atoms with Crippen molar-refractivity contribution in [1.29, 1.82) is 0 Å². The first-order valence-electron chi connectivity index (χ1n) is 5.22. The summed E-state index contributed by atoms with van der Waals surface area (Å²) >= 11 is 0. The predicted molar refractivity (Wildman–Crippen MR) is 65.0 cm³/mol. The Bertz CT molecular complexity index is 512. The highest BCUT2D eigenvalue weighted by Crippen LogP contribution is 2.11. The van der Waals surface area contributed by atoms with Crippen molar-refractivity contribution >= 4 is 11.7 Å². The van der Waals surface area contributed by atoms with E-state index in [1.807, 2.05) is 30.3 Å². The van der Waals surface area contributed by atoms with E-state index >= 15 is 0 Å². The fourth-order valence-corrected chi connectivity index (χ4v) is 1.53. The van der Waals surface area contributed by atoms with E-state index in [1.54, 1.807) is 6.20 Å². The number of benzene rings is 1. The average molecular weight is 228 g/mol. The van der Waals surface area contributed by atoms with Crippen LogP contribution in [0.25, 0.3) is 0 Å². The zero-order chi connectivity index (χ0) is 12.1. The van der Waals surface area contributed by atoms with Gasteiger partial charge in [-0.3, -0.25) is 4.98 Å². The van der Waals surface area contributed by atoms with E-state index in [1.165, 1.54) is 12.3 Å². The summed E-state index contributed by atoms with van der Waals surface area (Å²) < 4.78 is 0. The van der Waals surface area contributed by atoms with E-state index in [-0.39, 0.29) is 5.56 Å². The van der Waals surface area contributed by atoms with Gasteiger partial charge < -0.3 is 10.4 Å². The molecule has 2 aromatic rings. The molecule has 0 saturated carbocycles. The molecule has 17 heavy (non-hydrogen) atoms. The summed E-state index contributed by atoms with van der Waals surface area (Å²) in [6.07, 6.45) is 3.05. The maximum Gasteiger partial charge on any atom is 0.336 e. The molecule has 1 aromatic heterocycles. The lowest BCUT2D eigenvalue weighted by atomic mass is 10.1. The maximum atomic E-state index is 11.0. The van der Waals surface area contributed by atoms with Crippen molar-refractivity contribution in [2.75, 3.05) is 5.32 Å². The second-order valence-electron chi connectivity index (χ2n) is 3.56. The fourth-order valence-electron chi connectivity index (χ4n) is 1.53. The van der Waals surface area contributed by atoms with Crippen LogP contribution in [0.2, 0.25) is 0 Å². The molecule has 4 nitrogen and oxygen atoms in total. The van der Waals surface area contributed by atoms with Gasteiger partial charge in [0.15, 0.2) is 0 Å². The molecule has 0 aliphatic rings. The molecule has 0 saturated heterocycles. The number of nitrogens with one attached hydrogen (secondary N) is 1.